The summed E-state index contributed by atoms with van der Waals surface area (Å²) < 4.78 is 6.08. The van der Waals surface area contributed by atoms with Gasteiger partial charge in [-0.3, -0.25) is 0 Å². The fourth-order valence-electron chi connectivity index (χ4n) is 2.36. The number of fused-ring (bicyclic) bond motifs is 1. The third-order valence-corrected chi connectivity index (χ3v) is 4.47. The monoisotopic (exact) mass is 279 g/mol. The molecule has 0 amide bonds. The zero-order chi connectivity index (χ0) is 12.5. The molecular formula is C14H14ClNOS. The molecule has 1 N–H and O–H groups in total. The van der Waals surface area contributed by atoms with Crippen molar-refractivity contribution in [3.63, 3.8) is 0 Å². The van der Waals surface area contributed by atoms with Crippen LogP contribution in [0.2, 0.25) is 5.02 Å². The second-order valence-corrected chi connectivity index (χ2v) is 5.80. The molecule has 0 radical (unpaired) electrons. The van der Waals surface area contributed by atoms with Gasteiger partial charge < -0.3 is 10.1 Å². The first kappa shape index (κ1) is 12.0. The Kier molecular flexibility index (Phi) is 3.29. The first-order valence-electron chi connectivity index (χ1n) is 5.94. The van der Waals surface area contributed by atoms with Crippen molar-refractivity contribution in [2.75, 3.05) is 7.05 Å². The van der Waals surface area contributed by atoms with Crippen LogP contribution in [0.1, 0.15) is 29.0 Å². The molecule has 1 aliphatic heterocycles. The molecule has 0 fully saturated rings. The molecule has 0 saturated carbocycles. The third-order valence-electron chi connectivity index (χ3n) is 3.28. The van der Waals surface area contributed by atoms with E-state index in [9.17, 15) is 0 Å². The zero-order valence-corrected chi connectivity index (χ0v) is 11.6. The van der Waals surface area contributed by atoms with Gasteiger partial charge in [0.25, 0.3) is 0 Å². The van der Waals surface area contributed by atoms with Gasteiger partial charge in [0.05, 0.1) is 0 Å². The van der Waals surface area contributed by atoms with Crippen LogP contribution in [0.5, 0.6) is 5.75 Å². The van der Waals surface area contributed by atoms with E-state index in [0.29, 0.717) is 6.04 Å². The van der Waals surface area contributed by atoms with Crippen LogP contribution in [-0.4, -0.2) is 7.05 Å². The average molecular weight is 280 g/mol. The summed E-state index contributed by atoms with van der Waals surface area (Å²) in [4.78, 5) is 1.27. The predicted molar refractivity (Wildman–Crippen MR) is 75.6 cm³/mol. The first-order valence-corrected chi connectivity index (χ1v) is 7.20. The maximum absolute atomic E-state index is 6.08. The molecule has 2 aromatic rings. The second kappa shape index (κ2) is 4.92. The molecule has 3 rings (SSSR count). The Morgan fingerprint density at radius 1 is 1.39 bits per heavy atom. The van der Waals surface area contributed by atoms with E-state index in [1.54, 1.807) is 11.3 Å². The summed E-state index contributed by atoms with van der Waals surface area (Å²) in [5, 5.41) is 6.19. The Hall–Kier alpha value is -1.03. The maximum Gasteiger partial charge on any atom is 0.135 e. The predicted octanol–water partition coefficient (Wildman–Crippen LogP) is 4.19. The Labute approximate surface area is 116 Å². The minimum absolute atomic E-state index is 0.135. The van der Waals surface area contributed by atoms with Gasteiger partial charge in [-0.2, -0.15) is 0 Å². The highest BCUT2D eigenvalue weighted by Crippen LogP contribution is 2.42. The lowest BCUT2D eigenvalue weighted by atomic mass is 9.96. The molecule has 0 bridgehead atoms. The molecule has 94 valence electrons. The minimum atomic E-state index is 0.135. The van der Waals surface area contributed by atoms with Crippen LogP contribution >= 0.6 is 22.9 Å². The number of rotatable bonds is 2. The van der Waals surface area contributed by atoms with Crippen molar-refractivity contribution in [1.82, 2.24) is 5.32 Å². The second-order valence-electron chi connectivity index (χ2n) is 4.38. The van der Waals surface area contributed by atoms with Gasteiger partial charge in [-0.25, -0.2) is 0 Å². The van der Waals surface area contributed by atoms with E-state index in [0.717, 1.165) is 22.8 Å². The van der Waals surface area contributed by atoms with E-state index in [1.807, 2.05) is 25.2 Å². The summed E-state index contributed by atoms with van der Waals surface area (Å²) in [5.74, 6) is 0.934. The van der Waals surface area contributed by atoms with Gasteiger partial charge in [0.1, 0.15) is 11.9 Å². The lowest BCUT2D eigenvalue weighted by Crippen LogP contribution is -2.26. The fraction of sp³-hybridized carbons (Fsp3) is 0.286. The number of hydrogen-bond donors (Lipinski definition) is 1. The average Bonchev–Trinajstić information content (AvgIpc) is 2.91. The standard InChI is InChI=1S/C14H14ClNOS/c1-16-11-8-13(14-3-2-6-18-14)17-12-5-4-9(15)7-10(11)12/h2-7,11,13,16H,8H2,1H3. The van der Waals surface area contributed by atoms with Crippen molar-refractivity contribution in [2.24, 2.45) is 0 Å². The van der Waals surface area contributed by atoms with Crippen molar-refractivity contribution in [2.45, 2.75) is 18.6 Å². The molecule has 18 heavy (non-hydrogen) atoms. The van der Waals surface area contributed by atoms with Gasteiger partial charge in [0.15, 0.2) is 0 Å². The number of halogens is 1. The van der Waals surface area contributed by atoms with Crippen molar-refractivity contribution in [3.05, 3.63) is 51.2 Å². The van der Waals surface area contributed by atoms with Gasteiger partial charge in [-0.15, -0.1) is 11.3 Å². The Bertz CT molecular complexity index is 541. The Morgan fingerprint density at radius 3 is 3.00 bits per heavy atom. The van der Waals surface area contributed by atoms with Crippen molar-refractivity contribution in [1.29, 1.82) is 0 Å². The van der Waals surface area contributed by atoms with Crippen LogP contribution in [0.25, 0.3) is 0 Å². The molecule has 1 aromatic carbocycles. The molecule has 0 aliphatic carbocycles. The van der Waals surface area contributed by atoms with Gasteiger partial charge >= 0.3 is 0 Å². The third kappa shape index (κ3) is 2.14. The summed E-state index contributed by atoms with van der Waals surface area (Å²) in [6.07, 6.45) is 1.07. The number of hydrogen-bond acceptors (Lipinski definition) is 3. The molecule has 2 heterocycles. The van der Waals surface area contributed by atoms with E-state index in [1.165, 1.54) is 4.88 Å². The molecule has 2 atom stereocenters. The molecule has 2 unspecified atom stereocenters. The molecule has 0 saturated heterocycles. The van der Waals surface area contributed by atoms with Crippen molar-refractivity contribution >= 4 is 22.9 Å². The summed E-state index contributed by atoms with van der Waals surface area (Å²) in [5.41, 5.74) is 1.15. The van der Waals surface area contributed by atoms with Crippen molar-refractivity contribution < 1.29 is 4.74 Å². The van der Waals surface area contributed by atoms with Crippen LogP contribution in [0.4, 0.5) is 0 Å². The van der Waals surface area contributed by atoms with Crippen LogP contribution in [0.15, 0.2) is 35.7 Å². The Balaban J connectivity index is 1.97. The van der Waals surface area contributed by atoms with Crippen molar-refractivity contribution in [3.8, 4) is 5.75 Å². The van der Waals surface area contributed by atoms with Gasteiger partial charge in [0, 0.05) is 27.9 Å². The zero-order valence-electron chi connectivity index (χ0n) is 10.0. The summed E-state index contributed by atoms with van der Waals surface area (Å²) in [6, 6.07) is 10.3. The summed E-state index contributed by atoms with van der Waals surface area (Å²) >= 11 is 7.79. The first-order chi connectivity index (χ1) is 8.78. The Morgan fingerprint density at radius 2 is 2.28 bits per heavy atom. The largest absolute Gasteiger partial charge is 0.484 e. The van der Waals surface area contributed by atoms with Gasteiger partial charge in [0.2, 0.25) is 0 Å². The number of benzene rings is 1. The summed E-state index contributed by atoms with van der Waals surface area (Å²) in [6.45, 7) is 0. The molecule has 0 spiro atoms. The van der Waals surface area contributed by atoms with Gasteiger partial charge in [-0.1, -0.05) is 17.7 Å². The highest BCUT2D eigenvalue weighted by atomic mass is 35.5. The fourth-order valence-corrected chi connectivity index (χ4v) is 3.31. The molecule has 1 aromatic heterocycles. The maximum atomic E-state index is 6.08. The van der Waals surface area contributed by atoms with E-state index < -0.39 is 0 Å². The van der Waals surface area contributed by atoms with Crippen LogP contribution in [0.3, 0.4) is 0 Å². The smallest absolute Gasteiger partial charge is 0.135 e. The highest BCUT2D eigenvalue weighted by molar-refractivity contribution is 7.10. The SMILES string of the molecule is CNC1CC(c2cccs2)Oc2ccc(Cl)cc21. The quantitative estimate of drug-likeness (QED) is 0.890. The van der Waals surface area contributed by atoms with E-state index in [4.69, 9.17) is 16.3 Å². The highest BCUT2D eigenvalue weighted by Gasteiger charge is 2.29. The van der Waals surface area contributed by atoms with E-state index >= 15 is 0 Å². The molecule has 1 aliphatic rings. The normalized spacial score (nSPS) is 22.3. The lowest BCUT2D eigenvalue weighted by Gasteiger charge is -2.31. The molecular weight excluding hydrogens is 266 g/mol. The molecule has 4 heteroatoms. The number of ether oxygens (including phenoxy) is 1. The topological polar surface area (TPSA) is 21.3 Å². The van der Waals surface area contributed by atoms with Gasteiger partial charge in [-0.05, 0) is 36.7 Å². The lowest BCUT2D eigenvalue weighted by molar-refractivity contribution is 0.157. The number of thiophene rings is 1. The van der Waals surface area contributed by atoms with Crippen LogP contribution in [0, 0.1) is 0 Å². The minimum Gasteiger partial charge on any atom is -0.484 e. The molecule has 2 nitrogen and oxygen atoms in total. The van der Waals surface area contributed by atoms with Crippen LogP contribution in [-0.2, 0) is 0 Å². The van der Waals surface area contributed by atoms with E-state index in [-0.39, 0.29) is 6.10 Å². The van der Waals surface area contributed by atoms with Crippen LogP contribution < -0.4 is 10.1 Å². The van der Waals surface area contributed by atoms with E-state index in [2.05, 4.69) is 22.8 Å². The summed E-state index contributed by atoms with van der Waals surface area (Å²) in [7, 11) is 1.98. The number of nitrogens with one attached hydrogen (secondary N) is 1.